The van der Waals surface area contributed by atoms with E-state index in [1.807, 2.05) is 18.4 Å². The van der Waals surface area contributed by atoms with Gasteiger partial charge in [0, 0.05) is 5.56 Å². The largest absolute Gasteiger partial charge is 0.494 e. The van der Waals surface area contributed by atoms with Gasteiger partial charge in [-0.1, -0.05) is 0 Å². The van der Waals surface area contributed by atoms with E-state index >= 15 is 0 Å². The lowest BCUT2D eigenvalue weighted by Gasteiger charge is -2.07. The predicted molar refractivity (Wildman–Crippen MR) is 102 cm³/mol. The summed E-state index contributed by atoms with van der Waals surface area (Å²) in [6, 6.07) is 10.8. The number of primary amides is 1. The number of imidazole rings is 1. The minimum atomic E-state index is -0.742. The molecule has 136 valence electrons. The molecule has 4 rings (SSSR count). The molecule has 3 N–H and O–H groups in total. The van der Waals surface area contributed by atoms with Gasteiger partial charge in [-0.2, -0.15) is 0 Å². The molecule has 3 heterocycles. The highest BCUT2D eigenvalue weighted by Gasteiger charge is 2.20. The summed E-state index contributed by atoms with van der Waals surface area (Å²) in [6.45, 7) is 2.46. The number of nitrogens with zero attached hydrogens (tertiary/aromatic N) is 3. The van der Waals surface area contributed by atoms with Crippen LogP contribution in [0.3, 0.4) is 0 Å². The zero-order valence-corrected chi connectivity index (χ0v) is 15.1. The molecule has 8 nitrogen and oxygen atoms in total. The lowest BCUT2D eigenvalue weighted by molar-refractivity contribution is 0.0997. The lowest BCUT2D eigenvalue weighted by atomic mass is 10.2. The Hall–Kier alpha value is -3.46. The van der Waals surface area contributed by atoms with E-state index in [0.717, 1.165) is 5.75 Å². The predicted octanol–water partition coefficient (Wildman–Crippen LogP) is 2.33. The van der Waals surface area contributed by atoms with Crippen molar-refractivity contribution >= 4 is 28.4 Å². The molecule has 0 bridgehead atoms. The van der Waals surface area contributed by atoms with Crippen molar-refractivity contribution in [1.29, 1.82) is 0 Å². The minimum Gasteiger partial charge on any atom is -0.494 e. The fourth-order valence-corrected chi connectivity index (χ4v) is 3.49. The van der Waals surface area contributed by atoms with Crippen molar-refractivity contribution in [1.82, 2.24) is 19.5 Å². The van der Waals surface area contributed by atoms with Crippen LogP contribution in [0.15, 0.2) is 46.6 Å². The Labute approximate surface area is 157 Å². The molecule has 0 aliphatic carbocycles. The monoisotopic (exact) mass is 381 g/mol. The van der Waals surface area contributed by atoms with Crippen molar-refractivity contribution in [3.8, 4) is 22.1 Å². The SMILES string of the molecule is CCOc1ccc(-c2nc(C(N)=O)c3[nH]c(=O)n(-c4cccs4)c3n2)cc1. The number of nitrogens with one attached hydrogen (secondary N) is 1. The van der Waals surface area contributed by atoms with Gasteiger partial charge in [-0.15, -0.1) is 11.3 Å². The molecule has 27 heavy (non-hydrogen) atoms. The van der Waals surface area contributed by atoms with E-state index in [0.29, 0.717) is 28.6 Å². The number of hydrogen-bond donors (Lipinski definition) is 2. The number of rotatable bonds is 5. The lowest BCUT2D eigenvalue weighted by Crippen LogP contribution is -2.15. The van der Waals surface area contributed by atoms with Crippen LogP contribution in [0.1, 0.15) is 17.4 Å². The summed E-state index contributed by atoms with van der Waals surface area (Å²) in [4.78, 5) is 35.8. The third-order valence-electron chi connectivity index (χ3n) is 3.92. The van der Waals surface area contributed by atoms with Gasteiger partial charge in [0.2, 0.25) is 0 Å². The minimum absolute atomic E-state index is 0.0312. The average molecular weight is 381 g/mol. The van der Waals surface area contributed by atoms with Gasteiger partial charge in [0.25, 0.3) is 5.91 Å². The summed E-state index contributed by atoms with van der Waals surface area (Å²) in [7, 11) is 0. The molecule has 0 aliphatic rings. The Morgan fingerprint density at radius 2 is 2.04 bits per heavy atom. The number of aromatic nitrogens is 4. The van der Waals surface area contributed by atoms with Gasteiger partial charge < -0.3 is 15.5 Å². The molecule has 0 spiro atoms. The molecule has 1 aromatic carbocycles. The number of hydrogen-bond acceptors (Lipinski definition) is 6. The van der Waals surface area contributed by atoms with Crippen LogP contribution in [0.2, 0.25) is 0 Å². The number of aromatic amines is 1. The Morgan fingerprint density at radius 3 is 2.67 bits per heavy atom. The first-order chi connectivity index (χ1) is 13.1. The third kappa shape index (κ3) is 2.97. The van der Waals surface area contributed by atoms with Gasteiger partial charge >= 0.3 is 5.69 Å². The van der Waals surface area contributed by atoms with E-state index in [-0.39, 0.29) is 11.2 Å². The maximum absolute atomic E-state index is 12.5. The second kappa shape index (κ2) is 6.69. The van der Waals surface area contributed by atoms with E-state index < -0.39 is 11.6 Å². The highest BCUT2D eigenvalue weighted by molar-refractivity contribution is 7.12. The standard InChI is InChI=1S/C18H15N5O3S/c1-2-26-11-7-5-10(6-8-11)16-20-13(15(19)24)14-17(22-16)23(18(25)21-14)12-4-3-9-27-12/h3-9H,2H2,1H3,(H2,19,24)(H,21,25). The summed E-state index contributed by atoms with van der Waals surface area (Å²) in [5.41, 5.74) is 6.24. The number of fused-ring (bicyclic) bond motifs is 1. The van der Waals surface area contributed by atoms with E-state index in [4.69, 9.17) is 10.5 Å². The number of amides is 1. The van der Waals surface area contributed by atoms with Crippen LogP contribution in [0, 0.1) is 0 Å². The molecule has 0 radical (unpaired) electrons. The summed E-state index contributed by atoms with van der Waals surface area (Å²) in [5.74, 6) is 0.271. The highest BCUT2D eigenvalue weighted by Crippen LogP contribution is 2.24. The first kappa shape index (κ1) is 17.0. The highest BCUT2D eigenvalue weighted by atomic mass is 32.1. The van der Waals surface area contributed by atoms with Crippen LogP contribution in [0.25, 0.3) is 27.6 Å². The quantitative estimate of drug-likeness (QED) is 0.550. The summed E-state index contributed by atoms with van der Waals surface area (Å²) >= 11 is 1.38. The van der Waals surface area contributed by atoms with Crippen molar-refractivity contribution in [2.45, 2.75) is 6.92 Å². The molecular formula is C18H15N5O3S. The van der Waals surface area contributed by atoms with Crippen molar-refractivity contribution in [2.24, 2.45) is 5.73 Å². The van der Waals surface area contributed by atoms with Crippen LogP contribution >= 0.6 is 11.3 Å². The molecule has 0 aliphatic heterocycles. The van der Waals surface area contributed by atoms with Crippen LogP contribution < -0.4 is 16.2 Å². The second-order valence-electron chi connectivity index (χ2n) is 5.63. The van der Waals surface area contributed by atoms with Crippen LogP contribution in [-0.2, 0) is 0 Å². The number of thiophene rings is 1. The second-order valence-corrected chi connectivity index (χ2v) is 6.56. The Kier molecular flexibility index (Phi) is 4.21. The van der Waals surface area contributed by atoms with Crippen LogP contribution in [0.5, 0.6) is 5.75 Å². The number of nitrogens with two attached hydrogens (primary N) is 1. The van der Waals surface area contributed by atoms with Gasteiger partial charge in [0.05, 0.1) is 6.61 Å². The number of carbonyl (C=O) groups is 1. The Bertz CT molecular complexity index is 1180. The fraction of sp³-hybridized carbons (Fsp3) is 0.111. The van der Waals surface area contributed by atoms with Crippen LogP contribution in [-0.4, -0.2) is 32.0 Å². The Balaban J connectivity index is 1.95. The molecule has 0 unspecified atom stereocenters. The van der Waals surface area contributed by atoms with E-state index in [2.05, 4.69) is 15.0 Å². The summed E-state index contributed by atoms with van der Waals surface area (Å²) < 4.78 is 6.85. The van der Waals surface area contributed by atoms with Crippen molar-refractivity contribution in [3.63, 3.8) is 0 Å². The molecule has 0 atom stereocenters. The van der Waals surface area contributed by atoms with Crippen LogP contribution in [0.4, 0.5) is 0 Å². The average Bonchev–Trinajstić information content (AvgIpc) is 3.28. The number of H-pyrrole nitrogens is 1. The van der Waals surface area contributed by atoms with E-state index in [1.165, 1.54) is 15.9 Å². The summed E-state index contributed by atoms with van der Waals surface area (Å²) in [6.07, 6.45) is 0. The maximum atomic E-state index is 12.5. The van der Waals surface area contributed by atoms with Gasteiger partial charge in [0.15, 0.2) is 17.2 Å². The Morgan fingerprint density at radius 1 is 1.26 bits per heavy atom. The fourth-order valence-electron chi connectivity index (χ4n) is 2.76. The number of ether oxygens (including phenoxy) is 1. The summed E-state index contributed by atoms with van der Waals surface area (Å²) in [5, 5.41) is 2.53. The first-order valence-electron chi connectivity index (χ1n) is 8.18. The molecule has 0 saturated heterocycles. The smallest absolute Gasteiger partial charge is 0.333 e. The molecule has 3 aromatic heterocycles. The van der Waals surface area contributed by atoms with Crippen molar-refractivity contribution < 1.29 is 9.53 Å². The van der Waals surface area contributed by atoms with E-state index in [9.17, 15) is 9.59 Å². The number of benzene rings is 1. The molecule has 1 amide bonds. The maximum Gasteiger partial charge on any atom is 0.333 e. The van der Waals surface area contributed by atoms with Gasteiger partial charge in [-0.25, -0.2) is 19.3 Å². The molecule has 0 saturated carbocycles. The number of carbonyl (C=O) groups excluding carboxylic acids is 1. The molecule has 4 aromatic rings. The van der Waals surface area contributed by atoms with Crippen molar-refractivity contribution in [2.75, 3.05) is 6.61 Å². The van der Waals surface area contributed by atoms with Gasteiger partial charge in [-0.3, -0.25) is 4.79 Å². The topological polar surface area (TPSA) is 116 Å². The molecule has 9 heteroatoms. The van der Waals surface area contributed by atoms with Gasteiger partial charge in [0.1, 0.15) is 16.3 Å². The normalized spacial score (nSPS) is 11.0. The van der Waals surface area contributed by atoms with E-state index in [1.54, 1.807) is 30.3 Å². The first-order valence-corrected chi connectivity index (χ1v) is 9.06. The zero-order chi connectivity index (χ0) is 19.0. The van der Waals surface area contributed by atoms with Crippen molar-refractivity contribution in [3.05, 3.63) is 58.0 Å². The third-order valence-corrected chi connectivity index (χ3v) is 4.77. The molecule has 0 fully saturated rings. The molecular weight excluding hydrogens is 366 g/mol. The zero-order valence-electron chi connectivity index (χ0n) is 14.3. The van der Waals surface area contributed by atoms with Gasteiger partial charge in [-0.05, 0) is 48.7 Å².